The van der Waals surface area contributed by atoms with E-state index in [1.165, 1.54) is 12.0 Å². The van der Waals surface area contributed by atoms with Gasteiger partial charge in [-0.15, -0.1) is 0 Å². The highest BCUT2D eigenvalue weighted by molar-refractivity contribution is 7.91. The van der Waals surface area contributed by atoms with Crippen LogP contribution in [-0.2, 0) is 24.1 Å². The van der Waals surface area contributed by atoms with Crippen molar-refractivity contribution in [1.82, 2.24) is 14.7 Å². The Labute approximate surface area is 142 Å². The molecule has 0 bridgehead atoms. The van der Waals surface area contributed by atoms with E-state index in [1.54, 1.807) is 23.9 Å². The van der Waals surface area contributed by atoms with Crippen molar-refractivity contribution in [3.8, 4) is 0 Å². The largest absolute Gasteiger partial charge is 0.447 e. The predicted molar refractivity (Wildman–Crippen MR) is 86.4 cm³/mol. The SMILES string of the molecule is COCCOC(=O)N1CCN(C(=O)CN(C)C)[C@H]2CS(=O)(=O)C[C@H]21. The summed E-state index contributed by atoms with van der Waals surface area (Å²) in [4.78, 5) is 29.4. The molecule has 0 aromatic heterocycles. The number of carbonyl (C=O) groups is 2. The maximum absolute atomic E-state index is 12.4. The van der Waals surface area contributed by atoms with Crippen LogP contribution in [0.4, 0.5) is 4.79 Å². The van der Waals surface area contributed by atoms with Gasteiger partial charge in [-0.3, -0.25) is 4.79 Å². The van der Waals surface area contributed by atoms with Crippen LogP contribution in [0.2, 0.25) is 0 Å². The van der Waals surface area contributed by atoms with Crippen molar-refractivity contribution in [2.75, 3.05) is 65.6 Å². The average molecular weight is 363 g/mol. The van der Waals surface area contributed by atoms with Gasteiger partial charge in [-0.1, -0.05) is 0 Å². The molecule has 2 aliphatic heterocycles. The summed E-state index contributed by atoms with van der Waals surface area (Å²) in [6, 6.07) is -1.06. The van der Waals surface area contributed by atoms with Gasteiger partial charge in [-0.05, 0) is 14.1 Å². The van der Waals surface area contributed by atoms with Gasteiger partial charge in [0.1, 0.15) is 6.61 Å². The van der Waals surface area contributed by atoms with Crippen LogP contribution in [0.15, 0.2) is 0 Å². The lowest BCUT2D eigenvalue weighted by Gasteiger charge is -2.43. The third-order valence-corrected chi connectivity index (χ3v) is 5.89. The number of hydrogen-bond donors (Lipinski definition) is 0. The van der Waals surface area contributed by atoms with Crippen LogP contribution in [0.1, 0.15) is 0 Å². The first-order chi connectivity index (χ1) is 11.2. The summed E-state index contributed by atoms with van der Waals surface area (Å²) in [5.74, 6) is -0.374. The quantitative estimate of drug-likeness (QED) is 0.557. The number of piperazine rings is 1. The zero-order valence-corrected chi connectivity index (χ0v) is 15.1. The van der Waals surface area contributed by atoms with Gasteiger partial charge in [0.25, 0.3) is 0 Å². The molecule has 0 aliphatic carbocycles. The van der Waals surface area contributed by atoms with E-state index in [0.29, 0.717) is 6.54 Å². The van der Waals surface area contributed by atoms with E-state index < -0.39 is 28.0 Å². The molecule has 24 heavy (non-hydrogen) atoms. The average Bonchev–Trinajstić information content (AvgIpc) is 2.80. The van der Waals surface area contributed by atoms with Crippen LogP contribution in [0.25, 0.3) is 0 Å². The molecule has 0 aromatic rings. The van der Waals surface area contributed by atoms with Gasteiger partial charge in [0, 0.05) is 20.2 Å². The first kappa shape index (κ1) is 18.9. The van der Waals surface area contributed by atoms with Crippen molar-refractivity contribution >= 4 is 21.8 Å². The summed E-state index contributed by atoms with van der Waals surface area (Å²) in [5, 5.41) is 0. The monoisotopic (exact) mass is 363 g/mol. The van der Waals surface area contributed by atoms with Crippen molar-refractivity contribution < 1.29 is 27.5 Å². The molecule has 0 aromatic carbocycles. The van der Waals surface area contributed by atoms with Crippen molar-refractivity contribution in [3.63, 3.8) is 0 Å². The fourth-order valence-corrected chi connectivity index (χ4v) is 5.13. The van der Waals surface area contributed by atoms with Crippen LogP contribution in [0.5, 0.6) is 0 Å². The first-order valence-corrected chi connectivity index (χ1v) is 9.64. The van der Waals surface area contributed by atoms with Gasteiger partial charge in [-0.2, -0.15) is 0 Å². The van der Waals surface area contributed by atoms with E-state index in [4.69, 9.17) is 9.47 Å². The summed E-state index contributed by atoms with van der Waals surface area (Å²) >= 11 is 0. The van der Waals surface area contributed by atoms with Crippen molar-refractivity contribution in [1.29, 1.82) is 0 Å². The number of rotatable bonds is 5. The summed E-state index contributed by atoms with van der Waals surface area (Å²) < 4.78 is 34.1. The second kappa shape index (κ2) is 7.66. The number of sulfone groups is 1. The molecule has 10 heteroatoms. The van der Waals surface area contributed by atoms with Crippen molar-refractivity contribution in [2.45, 2.75) is 12.1 Å². The van der Waals surface area contributed by atoms with E-state index in [2.05, 4.69) is 0 Å². The normalized spacial score (nSPS) is 25.7. The second-order valence-corrected chi connectivity index (χ2v) is 8.49. The molecule has 0 saturated carbocycles. The summed E-state index contributed by atoms with van der Waals surface area (Å²) in [7, 11) is 1.77. The number of fused-ring (bicyclic) bond motifs is 1. The fraction of sp³-hybridized carbons (Fsp3) is 0.857. The smallest absolute Gasteiger partial charge is 0.410 e. The maximum Gasteiger partial charge on any atom is 0.410 e. The Hall–Kier alpha value is -1.39. The Kier molecular flexibility index (Phi) is 6.05. The van der Waals surface area contributed by atoms with Crippen LogP contribution in [0, 0.1) is 0 Å². The molecule has 0 N–H and O–H groups in total. The Bertz CT molecular complexity index is 579. The van der Waals surface area contributed by atoms with Crippen LogP contribution < -0.4 is 0 Å². The summed E-state index contributed by atoms with van der Waals surface area (Å²) in [6.07, 6.45) is -0.557. The van der Waals surface area contributed by atoms with E-state index in [0.717, 1.165) is 0 Å². The highest BCUT2D eigenvalue weighted by atomic mass is 32.2. The second-order valence-electron chi connectivity index (χ2n) is 6.34. The van der Waals surface area contributed by atoms with Gasteiger partial charge < -0.3 is 24.2 Å². The summed E-state index contributed by atoms with van der Waals surface area (Å²) in [6.45, 7) is 1.17. The molecule has 0 spiro atoms. The molecule has 2 atom stereocenters. The lowest BCUT2D eigenvalue weighted by atomic mass is 10.1. The van der Waals surface area contributed by atoms with Gasteiger partial charge in [0.2, 0.25) is 5.91 Å². The Balaban J connectivity index is 2.12. The van der Waals surface area contributed by atoms with Gasteiger partial charge in [0.15, 0.2) is 9.84 Å². The molecule has 138 valence electrons. The molecule has 0 unspecified atom stereocenters. The van der Waals surface area contributed by atoms with Crippen LogP contribution in [-0.4, -0.2) is 113 Å². The number of methoxy groups -OCH3 is 1. The zero-order chi connectivity index (χ0) is 17.9. The highest BCUT2D eigenvalue weighted by Gasteiger charge is 2.49. The van der Waals surface area contributed by atoms with E-state index in [9.17, 15) is 18.0 Å². The third-order valence-electron chi connectivity index (χ3n) is 4.20. The Morgan fingerprint density at radius 3 is 2.25 bits per heavy atom. The molecule has 2 fully saturated rings. The Morgan fingerprint density at radius 1 is 1.08 bits per heavy atom. The molecular weight excluding hydrogens is 338 g/mol. The number of nitrogens with zero attached hydrogens (tertiary/aromatic N) is 3. The lowest BCUT2D eigenvalue weighted by Crippen LogP contribution is -2.62. The van der Waals surface area contributed by atoms with Gasteiger partial charge in [-0.25, -0.2) is 13.2 Å². The molecule has 2 rings (SSSR count). The number of carbonyl (C=O) groups excluding carboxylic acids is 2. The molecule has 0 radical (unpaired) electrons. The predicted octanol–water partition coefficient (Wildman–Crippen LogP) is -1.36. The van der Waals surface area contributed by atoms with E-state index in [-0.39, 0.29) is 43.7 Å². The van der Waals surface area contributed by atoms with E-state index in [1.807, 2.05) is 0 Å². The minimum absolute atomic E-state index is 0.110. The van der Waals surface area contributed by atoms with Gasteiger partial charge >= 0.3 is 6.09 Å². The molecule has 2 amide bonds. The van der Waals surface area contributed by atoms with Crippen molar-refractivity contribution in [3.05, 3.63) is 0 Å². The topological polar surface area (TPSA) is 96.5 Å². The first-order valence-electron chi connectivity index (χ1n) is 7.82. The van der Waals surface area contributed by atoms with Gasteiger partial charge in [0.05, 0.1) is 36.7 Å². The minimum atomic E-state index is -3.30. The molecule has 9 nitrogen and oxygen atoms in total. The van der Waals surface area contributed by atoms with E-state index >= 15 is 0 Å². The summed E-state index contributed by atoms with van der Waals surface area (Å²) in [5.41, 5.74) is 0. The number of likely N-dealkylation sites (N-methyl/N-ethyl adjacent to an activating group) is 1. The molecular formula is C14H25N3O6S. The Morgan fingerprint density at radius 2 is 1.67 bits per heavy atom. The highest BCUT2D eigenvalue weighted by Crippen LogP contribution is 2.27. The lowest BCUT2D eigenvalue weighted by molar-refractivity contribution is -0.137. The molecule has 2 saturated heterocycles. The zero-order valence-electron chi connectivity index (χ0n) is 14.3. The third kappa shape index (κ3) is 4.37. The number of ether oxygens (including phenoxy) is 2. The number of hydrogen-bond acceptors (Lipinski definition) is 7. The maximum atomic E-state index is 12.4. The van der Waals surface area contributed by atoms with Crippen LogP contribution in [0.3, 0.4) is 0 Å². The van der Waals surface area contributed by atoms with Crippen LogP contribution >= 0.6 is 0 Å². The molecule has 2 aliphatic rings. The minimum Gasteiger partial charge on any atom is -0.447 e. The fourth-order valence-electron chi connectivity index (χ4n) is 3.15. The van der Waals surface area contributed by atoms with Crippen molar-refractivity contribution in [2.24, 2.45) is 0 Å². The number of amides is 2. The molecule has 2 heterocycles. The standard InChI is InChI=1S/C14H25N3O6S/c1-15(2)8-13(18)16-4-5-17(14(19)23-7-6-22-3)12-10-24(20,21)9-11(12)16/h11-12H,4-10H2,1-3H3/t11-,12+/m0/s1.